The Morgan fingerprint density at radius 1 is 1.50 bits per heavy atom. The van der Waals surface area contributed by atoms with Crippen molar-refractivity contribution in [2.24, 2.45) is 5.41 Å². The van der Waals surface area contributed by atoms with Crippen LogP contribution >= 0.6 is 0 Å². The zero-order chi connectivity index (χ0) is 15.2. The highest BCUT2D eigenvalue weighted by Crippen LogP contribution is 2.20. The third-order valence-electron chi connectivity index (χ3n) is 3.46. The van der Waals surface area contributed by atoms with Crippen LogP contribution < -0.4 is 5.32 Å². The lowest BCUT2D eigenvalue weighted by Crippen LogP contribution is -2.37. The first kappa shape index (κ1) is 16.6. The second-order valence-electron chi connectivity index (χ2n) is 6.02. The van der Waals surface area contributed by atoms with E-state index in [9.17, 15) is 4.79 Å². The predicted octanol–water partition coefficient (Wildman–Crippen LogP) is 2.53. The quantitative estimate of drug-likeness (QED) is 0.755. The lowest BCUT2D eigenvalue weighted by molar-refractivity contribution is 0.147. The number of aliphatic hydroxyl groups excluding tert-OH is 1. The van der Waals surface area contributed by atoms with Crippen molar-refractivity contribution in [3.05, 3.63) is 23.7 Å². The minimum absolute atomic E-state index is 0.0788. The molecule has 1 heterocycles. The molecule has 114 valence electrons. The van der Waals surface area contributed by atoms with E-state index in [1.807, 2.05) is 26.8 Å². The fourth-order valence-corrected chi connectivity index (χ4v) is 1.88. The van der Waals surface area contributed by atoms with Gasteiger partial charge in [-0.2, -0.15) is 0 Å². The number of aliphatic hydroxyl groups is 1. The van der Waals surface area contributed by atoms with E-state index < -0.39 is 0 Å². The molecular weight excluding hydrogens is 256 g/mol. The topological polar surface area (TPSA) is 65.7 Å². The number of rotatable bonds is 7. The van der Waals surface area contributed by atoms with Gasteiger partial charge in [0.2, 0.25) is 0 Å². The van der Waals surface area contributed by atoms with Gasteiger partial charge in [-0.1, -0.05) is 13.8 Å². The van der Waals surface area contributed by atoms with Crippen LogP contribution in [0.4, 0.5) is 4.79 Å². The highest BCUT2D eigenvalue weighted by atomic mass is 16.3. The smallest absolute Gasteiger partial charge is 0.317 e. The van der Waals surface area contributed by atoms with Crippen LogP contribution in [-0.4, -0.2) is 36.2 Å². The number of carbonyl (C=O) groups is 1. The number of urea groups is 1. The maximum Gasteiger partial charge on any atom is 0.317 e. The summed E-state index contributed by atoms with van der Waals surface area (Å²) in [6, 6.07) is 1.79. The summed E-state index contributed by atoms with van der Waals surface area (Å²) in [6.45, 7) is 7.25. The Labute approximate surface area is 121 Å². The van der Waals surface area contributed by atoms with Gasteiger partial charge in [-0.3, -0.25) is 0 Å². The first-order chi connectivity index (χ1) is 9.35. The maximum absolute atomic E-state index is 11.9. The Bertz CT molecular complexity index is 427. The average molecular weight is 282 g/mol. The molecule has 0 saturated heterocycles. The first-order valence-electron chi connectivity index (χ1n) is 6.98. The first-order valence-corrected chi connectivity index (χ1v) is 6.98. The van der Waals surface area contributed by atoms with Gasteiger partial charge in [0, 0.05) is 25.8 Å². The predicted molar refractivity (Wildman–Crippen MR) is 78.4 cm³/mol. The monoisotopic (exact) mass is 282 g/mol. The molecule has 20 heavy (non-hydrogen) atoms. The largest absolute Gasteiger partial charge is 0.469 e. The number of hydrogen-bond donors (Lipinski definition) is 2. The van der Waals surface area contributed by atoms with Gasteiger partial charge in [-0.25, -0.2) is 4.79 Å². The van der Waals surface area contributed by atoms with Crippen molar-refractivity contribution in [3.63, 3.8) is 0 Å². The van der Waals surface area contributed by atoms with Gasteiger partial charge < -0.3 is 19.7 Å². The van der Waals surface area contributed by atoms with Gasteiger partial charge in [0.1, 0.15) is 5.76 Å². The Morgan fingerprint density at radius 3 is 2.75 bits per heavy atom. The van der Waals surface area contributed by atoms with Crippen LogP contribution in [-0.2, 0) is 6.54 Å². The molecule has 0 bridgehead atoms. The van der Waals surface area contributed by atoms with Crippen LogP contribution in [0.1, 0.15) is 38.0 Å². The van der Waals surface area contributed by atoms with Gasteiger partial charge in [-0.15, -0.1) is 0 Å². The standard InChI is InChI=1S/C15H26N2O3/c1-12-13(6-9-20-12)10-17(4)14(19)16-8-5-7-15(2,3)11-18/h6,9,18H,5,7-8,10-11H2,1-4H3,(H,16,19). The molecule has 0 unspecified atom stereocenters. The van der Waals surface area contributed by atoms with Gasteiger partial charge in [0.15, 0.2) is 0 Å². The van der Waals surface area contributed by atoms with Crippen molar-refractivity contribution in [3.8, 4) is 0 Å². The summed E-state index contributed by atoms with van der Waals surface area (Å²) in [5, 5.41) is 12.0. The van der Waals surface area contributed by atoms with E-state index >= 15 is 0 Å². The molecule has 0 saturated carbocycles. The van der Waals surface area contributed by atoms with Crippen LogP contribution in [0.25, 0.3) is 0 Å². The van der Waals surface area contributed by atoms with Gasteiger partial charge in [-0.05, 0) is 31.2 Å². The number of nitrogens with one attached hydrogen (secondary N) is 1. The molecule has 0 aromatic carbocycles. The van der Waals surface area contributed by atoms with E-state index in [1.165, 1.54) is 0 Å². The Morgan fingerprint density at radius 2 is 2.20 bits per heavy atom. The number of amides is 2. The van der Waals surface area contributed by atoms with E-state index in [4.69, 9.17) is 9.52 Å². The molecule has 0 aliphatic rings. The Kier molecular flexibility index (Phi) is 6.07. The highest BCUT2D eigenvalue weighted by molar-refractivity contribution is 5.73. The van der Waals surface area contributed by atoms with Crippen LogP contribution in [0.5, 0.6) is 0 Å². The van der Waals surface area contributed by atoms with Crippen molar-refractivity contribution in [1.82, 2.24) is 10.2 Å². The normalized spacial score (nSPS) is 11.4. The third-order valence-corrected chi connectivity index (χ3v) is 3.46. The van der Waals surface area contributed by atoms with Gasteiger partial charge >= 0.3 is 6.03 Å². The van der Waals surface area contributed by atoms with E-state index in [0.717, 1.165) is 24.2 Å². The lowest BCUT2D eigenvalue weighted by Gasteiger charge is -2.22. The SMILES string of the molecule is Cc1occc1CN(C)C(=O)NCCCC(C)(C)CO. The Hall–Kier alpha value is -1.49. The van der Waals surface area contributed by atoms with Crippen LogP contribution in [0.15, 0.2) is 16.7 Å². The van der Waals surface area contributed by atoms with Crippen LogP contribution in [0, 0.1) is 12.3 Å². The summed E-state index contributed by atoms with van der Waals surface area (Å²) in [6.07, 6.45) is 3.37. The molecular formula is C15H26N2O3. The maximum atomic E-state index is 11.9. The molecule has 0 aliphatic carbocycles. The fourth-order valence-electron chi connectivity index (χ4n) is 1.88. The summed E-state index contributed by atoms with van der Waals surface area (Å²) < 4.78 is 5.21. The van der Waals surface area contributed by atoms with E-state index in [2.05, 4.69) is 5.32 Å². The molecule has 2 amide bonds. The van der Waals surface area contributed by atoms with Crippen molar-refractivity contribution >= 4 is 6.03 Å². The van der Waals surface area contributed by atoms with Gasteiger partial charge in [0.25, 0.3) is 0 Å². The molecule has 5 heteroatoms. The molecule has 0 aliphatic heterocycles. The molecule has 0 fully saturated rings. The minimum Gasteiger partial charge on any atom is -0.469 e. The summed E-state index contributed by atoms with van der Waals surface area (Å²) in [5.41, 5.74) is 0.939. The van der Waals surface area contributed by atoms with Crippen LogP contribution in [0.2, 0.25) is 0 Å². The zero-order valence-corrected chi connectivity index (χ0v) is 12.9. The molecule has 0 atom stereocenters. The molecule has 0 radical (unpaired) electrons. The second-order valence-corrected chi connectivity index (χ2v) is 6.02. The lowest BCUT2D eigenvalue weighted by atomic mass is 9.89. The molecule has 2 N–H and O–H groups in total. The minimum atomic E-state index is -0.0904. The fraction of sp³-hybridized carbons (Fsp3) is 0.667. The van der Waals surface area contributed by atoms with Gasteiger partial charge in [0.05, 0.1) is 12.8 Å². The number of hydrogen-bond acceptors (Lipinski definition) is 3. The average Bonchev–Trinajstić information content (AvgIpc) is 2.80. The van der Waals surface area contributed by atoms with Crippen molar-refractivity contribution in [1.29, 1.82) is 0 Å². The molecule has 0 spiro atoms. The van der Waals surface area contributed by atoms with E-state index in [-0.39, 0.29) is 18.1 Å². The summed E-state index contributed by atoms with van der Waals surface area (Å²) in [4.78, 5) is 13.5. The van der Waals surface area contributed by atoms with Crippen molar-refractivity contribution < 1.29 is 14.3 Å². The molecule has 5 nitrogen and oxygen atoms in total. The van der Waals surface area contributed by atoms with Crippen molar-refractivity contribution in [2.75, 3.05) is 20.2 Å². The molecule has 1 rings (SSSR count). The molecule has 1 aromatic rings. The van der Waals surface area contributed by atoms with E-state index in [0.29, 0.717) is 13.1 Å². The summed E-state index contributed by atoms with van der Waals surface area (Å²) in [5.74, 6) is 0.842. The van der Waals surface area contributed by atoms with Crippen molar-refractivity contribution in [2.45, 2.75) is 40.2 Å². The molecule has 1 aromatic heterocycles. The van der Waals surface area contributed by atoms with E-state index in [1.54, 1.807) is 18.2 Å². The summed E-state index contributed by atoms with van der Waals surface area (Å²) in [7, 11) is 1.76. The number of furan rings is 1. The zero-order valence-electron chi connectivity index (χ0n) is 12.9. The third kappa shape index (κ3) is 5.25. The second kappa shape index (κ2) is 7.33. The number of aryl methyl sites for hydroxylation is 1. The number of nitrogens with zero attached hydrogens (tertiary/aromatic N) is 1. The van der Waals surface area contributed by atoms with Crippen LogP contribution in [0.3, 0.4) is 0 Å². The summed E-state index contributed by atoms with van der Waals surface area (Å²) >= 11 is 0. The number of carbonyl (C=O) groups excluding carboxylic acids is 1. The Balaban J connectivity index is 2.27. The highest BCUT2D eigenvalue weighted by Gasteiger charge is 2.16.